The summed E-state index contributed by atoms with van der Waals surface area (Å²) in [4.78, 5) is 0. The molecule has 0 saturated carbocycles. The van der Waals surface area contributed by atoms with Crippen LogP contribution in [0.3, 0.4) is 0 Å². The van der Waals surface area contributed by atoms with Gasteiger partial charge in [-0.15, -0.1) is 0 Å². The summed E-state index contributed by atoms with van der Waals surface area (Å²) in [6.07, 6.45) is 0. The SMILES string of the molecule is COc1cc(NCc2cc(Br)c(Br)o2)c(OC)cc1Cl. The van der Waals surface area contributed by atoms with Gasteiger partial charge in [0.15, 0.2) is 4.67 Å². The predicted molar refractivity (Wildman–Crippen MR) is 86.0 cm³/mol. The average Bonchev–Trinajstić information content (AvgIpc) is 2.76. The molecule has 7 heteroatoms. The molecule has 0 aliphatic heterocycles. The fraction of sp³-hybridized carbons (Fsp3) is 0.231. The van der Waals surface area contributed by atoms with Crippen LogP contribution in [0.2, 0.25) is 5.02 Å². The summed E-state index contributed by atoms with van der Waals surface area (Å²) in [5, 5.41) is 3.72. The lowest BCUT2D eigenvalue weighted by molar-refractivity contribution is 0.404. The van der Waals surface area contributed by atoms with Crippen LogP contribution in [0.1, 0.15) is 5.76 Å². The van der Waals surface area contributed by atoms with E-state index in [0.29, 0.717) is 27.7 Å². The molecule has 0 atom stereocenters. The summed E-state index contributed by atoms with van der Waals surface area (Å²) < 4.78 is 17.5. The molecule has 0 radical (unpaired) electrons. The molecule has 4 nitrogen and oxygen atoms in total. The van der Waals surface area contributed by atoms with Crippen LogP contribution in [0.5, 0.6) is 11.5 Å². The van der Waals surface area contributed by atoms with Gasteiger partial charge in [-0.25, -0.2) is 0 Å². The Labute approximate surface area is 138 Å². The van der Waals surface area contributed by atoms with Crippen molar-refractivity contribution in [2.24, 2.45) is 0 Å². The van der Waals surface area contributed by atoms with Crippen LogP contribution in [0.4, 0.5) is 5.69 Å². The van der Waals surface area contributed by atoms with Crippen LogP contribution in [-0.2, 0) is 6.54 Å². The fourth-order valence-electron chi connectivity index (χ4n) is 1.66. The number of anilines is 1. The van der Waals surface area contributed by atoms with Gasteiger partial charge in [-0.2, -0.15) is 0 Å². The molecule has 108 valence electrons. The minimum Gasteiger partial charge on any atom is -0.495 e. The molecule has 0 spiro atoms. The third-order valence-electron chi connectivity index (χ3n) is 2.62. The van der Waals surface area contributed by atoms with Crippen molar-refractivity contribution in [2.75, 3.05) is 19.5 Å². The molecular weight excluding hydrogens is 413 g/mol. The van der Waals surface area contributed by atoms with E-state index in [1.807, 2.05) is 6.07 Å². The lowest BCUT2D eigenvalue weighted by Gasteiger charge is -2.13. The highest BCUT2D eigenvalue weighted by molar-refractivity contribution is 9.13. The van der Waals surface area contributed by atoms with Crippen LogP contribution in [0, 0.1) is 0 Å². The first-order valence-electron chi connectivity index (χ1n) is 5.64. The Bertz CT molecular complexity index is 596. The Morgan fingerprint density at radius 2 is 1.85 bits per heavy atom. The highest BCUT2D eigenvalue weighted by Gasteiger charge is 2.11. The zero-order valence-corrected chi connectivity index (χ0v) is 14.7. The topological polar surface area (TPSA) is 43.6 Å². The molecule has 0 aliphatic carbocycles. The molecular formula is C13H12Br2ClNO3. The van der Waals surface area contributed by atoms with Crippen molar-refractivity contribution in [2.45, 2.75) is 6.54 Å². The van der Waals surface area contributed by atoms with E-state index in [1.165, 1.54) is 0 Å². The van der Waals surface area contributed by atoms with E-state index in [2.05, 4.69) is 37.2 Å². The summed E-state index contributed by atoms with van der Waals surface area (Å²) in [7, 11) is 3.15. The van der Waals surface area contributed by atoms with Gasteiger partial charge in [0.25, 0.3) is 0 Å². The zero-order chi connectivity index (χ0) is 14.7. The first kappa shape index (κ1) is 15.5. The van der Waals surface area contributed by atoms with Gasteiger partial charge in [-0.1, -0.05) is 11.6 Å². The number of hydrogen-bond acceptors (Lipinski definition) is 4. The number of ether oxygens (including phenoxy) is 2. The molecule has 0 fully saturated rings. The third kappa shape index (κ3) is 3.42. The van der Waals surface area contributed by atoms with Gasteiger partial charge in [0.2, 0.25) is 0 Å². The normalized spacial score (nSPS) is 10.4. The maximum atomic E-state index is 6.06. The minimum absolute atomic E-state index is 0.499. The van der Waals surface area contributed by atoms with E-state index in [0.717, 1.165) is 15.9 Å². The molecule has 0 saturated heterocycles. The summed E-state index contributed by atoms with van der Waals surface area (Å²) in [5.74, 6) is 2.00. The molecule has 1 aromatic carbocycles. The van der Waals surface area contributed by atoms with E-state index in [9.17, 15) is 0 Å². The third-order valence-corrected chi connectivity index (χ3v) is 4.63. The van der Waals surface area contributed by atoms with Gasteiger partial charge < -0.3 is 19.2 Å². The summed E-state index contributed by atoms with van der Waals surface area (Å²) in [5.41, 5.74) is 0.775. The van der Waals surface area contributed by atoms with Gasteiger partial charge in [0, 0.05) is 12.1 Å². The Kier molecular flexibility index (Phi) is 5.23. The molecule has 1 aromatic heterocycles. The average molecular weight is 426 g/mol. The Morgan fingerprint density at radius 1 is 1.15 bits per heavy atom. The van der Waals surface area contributed by atoms with Gasteiger partial charge in [0.05, 0.1) is 35.9 Å². The van der Waals surface area contributed by atoms with E-state index in [1.54, 1.807) is 26.4 Å². The molecule has 0 aliphatic rings. The highest BCUT2D eigenvalue weighted by atomic mass is 79.9. The molecule has 1 heterocycles. The molecule has 0 amide bonds. The van der Waals surface area contributed by atoms with Crippen molar-refractivity contribution in [1.29, 1.82) is 0 Å². The molecule has 2 rings (SSSR count). The van der Waals surface area contributed by atoms with E-state index in [-0.39, 0.29) is 0 Å². The van der Waals surface area contributed by atoms with Crippen molar-refractivity contribution in [3.8, 4) is 11.5 Å². The number of hydrogen-bond donors (Lipinski definition) is 1. The number of halogens is 3. The zero-order valence-electron chi connectivity index (χ0n) is 10.8. The van der Waals surface area contributed by atoms with Crippen LogP contribution in [0.25, 0.3) is 0 Å². The molecule has 0 unspecified atom stereocenters. The Hall–Kier alpha value is -0.850. The molecule has 2 aromatic rings. The first-order valence-corrected chi connectivity index (χ1v) is 7.60. The van der Waals surface area contributed by atoms with Gasteiger partial charge in [-0.3, -0.25) is 0 Å². The predicted octanol–water partition coefficient (Wildman–Crippen LogP) is 5.09. The van der Waals surface area contributed by atoms with Crippen LogP contribution < -0.4 is 14.8 Å². The number of rotatable bonds is 5. The highest BCUT2D eigenvalue weighted by Crippen LogP contribution is 2.36. The maximum Gasteiger partial charge on any atom is 0.183 e. The molecule has 20 heavy (non-hydrogen) atoms. The van der Waals surface area contributed by atoms with Crippen molar-refractivity contribution in [3.05, 3.63) is 38.1 Å². The number of methoxy groups -OCH3 is 2. The van der Waals surface area contributed by atoms with Gasteiger partial charge in [0.1, 0.15) is 17.3 Å². The fourth-order valence-corrected chi connectivity index (χ4v) is 2.55. The number of benzene rings is 1. The second kappa shape index (κ2) is 6.74. The van der Waals surface area contributed by atoms with Crippen molar-refractivity contribution in [1.82, 2.24) is 0 Å². The maximum absolute atomic E-state index is 6.06. The van der Waals surface area contributed by atoms with E-state index >= 15 is 0 Å². The monoisotopic (exact) mass is 423 g/mol. The quantitative estimate of drug-likeness (QED) is 0.725. The Morgan fingerprint density at radius 3 is 2.40 bits per heavy atom. The summed E-state index contributed by atoms with van der Waals surface area (Å²) >= 11 is 12.7. The van der Waals surface area contributed by atoms with Crippen LogP contribution in [-0.4, -0.2) is 14.2 Å². The van der Waals surface area contributed by atoms with Crippen molar-refractivity contribution in [3.63, 3.8) is 0 Å². The van der Waals surface area contributed by atoms with Crippen LogP contribution >= 0.6 is 43.5 Å². The molecule has 0 bridgehead atoms. The number of nitrogens with one attached hydrogen (secondary N) is 1. The second-order valence-electron chi connectivity index (χ2n) is 3.87. The first-order chi connectivity index (χ1) is 9.55. The smallest absolute Gasteiger partial charge is 0.183 e. The van der Waals surface area contributed by atoms with E-state index < -0.39 is 0 Å². The van der Waals surface area contributed by atoms with Crippen molar-refractivity contribution >= 4 is 49.1 Å². The Balaban J connectivity index is 2.19. The number of furan rings is 1. The standard InChI is InChI=1S/C13H12Br2ClNO3/c1-18-11-5-10(12(19-2)4-9(11)16)17-6-7-3-8(14)13(15)20-7/h3-5,17H,6H2,1-2H3. The van der Waals surface area contributed by atoms with Gasteiger partial charge >= 0.3 is 0 Å². The minimum atomic E-state index is 0.499. The van der Waals surface area contributed by atoms with Crippen molar-refractivity contribution < 1.29 is 13.9 Å². The van der Waals surface area contributed by atoms with Crippen LogP contribution in [0.15, 0.2) is 31.8 Å². The summed E-state index contributed by atoms with van der Waals surface area (Å²) in [6, 6.07) is 5.38. The second-order valence-corrected chi connectivity index (χ2v) is 5.86. The van der Waals surface area contributed by atoms with Gasteiger partial charge in [-0.05, 0) is 37.9 Å². The molecule has 1 N–H and O–H groups in total. The lowest BCUT2D eigenvalue weighted by Crippen LogP contribution is -2.01. The lowest BCUT2D eigenvalue weighted by atomic mass is 10.2. The van der Waals surface area contributed by atoms with E-state index in [4.69, 9.17) is 25.5 Å². The summed E-state index contributed by atoms with van der Waals surface area (Å²) in [6.45, 7) is 0.505. The largest absolute Gasteiger partial charge is 0.495 e.